The molecule has 4 aliphatic rings. The van der Waals surface area contributed by atoms with Crippen molar-refractivity contribution in [3.63, 3.8) is 0 Å². The molecule has 83 heavy (non-hydrogen) atoms. The first-order valence-corrected chi connectivity index (χ1v) is 29.1. The van der Waals surface area contributed by atoms with Gasteiger partial charge in [0.15, 0.2) is 11.6 Å². The predicted octanol–water partition coefficient (Wildman–Crippen LogP) is 19.3. The number of hydrogen-bond donors (Lipinski definition) is 0. The normalized spacial score (nSPS) is 17.2. The van der Waals surface area contributed by atoms with Gasteiger partial charge in [0.1, 0.15) is 0 Å². The van der Waals surface area contributed by atoms with Gasteiger partial charge < -0.3 is 4.90 Å². The van der Waals surface area contributed by atoms with Crippen LogP contribution in [0.1, 0.15) is 47.7 Å². The Bertz CT molecular complexity index is 4860. The molecule has 0 amide bonds. The largest absolute Gasteiger partial charge is 0.333 e. The van der Waals surface area contributed by atoms with Gasteiger partial charge in [-0.25, -0.2) is 4.98 Å². The summed E-state index contributed by atoms with van der Waals surface area (Å²) in [4.78, 5) is 18.6. The van der Waals surface area contributed by atoms with Crippen LogP contribution in [0, 0.1) is 5.92 Å². The molecule has 0 spiro atoms. The molecule has 0 saturated heterocycles. The monoisotopic (exact) mass is 1060 g/mol. The van der Waals surface area contributed by atoms with Gasteiger partial charge >= 0.3 is 0 Å². The third-order valence-electron chi connectivity index (χ3n) is 18.6. The first-order chi connectivity index (χ1) is 40.9. The van der Waals surface area contributed by atoms with E-state index < -0.39 is 0 Å². The Morgan fingerprint density at radius 3 is 1.72 bits per heavy atom. The molecule has 17 rings (SSSR count). The Morgan fingerprint density at radius 1 is 0.446 bits per heavy atom. The van der Waals surface area contributed by atoms with Gasteiger partial charge in [0.2, 0.25) is 5.95 Å². The Morgan fingerprint density at radius 2 is 1.01 bits per heavy atom. The van der Waals surface area contributed by atoms with E-state index in [-0.39, 0.29) is 11.5 Å². The number of nitrogens with zero attached hydrogens (tertiary/aromatic N) is 5. The molecular weight excluding hydrogens is 1010 g/mol. The van der Waals surface area contributed by atoms with E-state index in [0.717, 1.165) is 39.9 Å². The van der Waals surface area contributed by atoms with Crippen LogP contribution in [0.2, 0.25) is 0 Å². The lowest BCUT2D eigenvalue weighted by Gasteiger charge is -2.30. The van der Waals surface area contributed by atoms with Crippen molar-refractivity contribution in [2.45, 2.75) is 37.6 Å². The van der Waals surface area contributed by atoms with Crippen LogP contribution in [0.25, 0.3) is 117 Å². The van der Waals surface area contributed by atoms with Crippen LogP contribution in [-0.4, -0.2) is 25.6 Å². The molecule has 1 aliphatic heterocycles. The molecule has 5 nitrogen and oxygen atoms in total. The maximum atomic E-state index is 5.46. The van der Waals surface area contributed by atoms with Crippen molar-refractivity contribution in [2.75, 3.05) is 4.90 Å². The van der Waals surface area contributed by atoms with Gasteiger partial charge in [0, 0.05) is 45.8 Å². The van der Waals surface area contributed by atoms with Crippen molar-refractivity contribution < 1.29 is 0 Å². The predicted molar refractivity (Wildman–Crippen MR) is 344 cm³/mol. The van der Waals surface area contributed by atoms with E-state index in [0.29, 0.717) is 29.4 Å². The average molecular weight is 1060 g/mol. The fourth-order valence-electron chi connectivity index (χ4n) is 14.9. The Kier molecular flexibility index (Phi) is 10.5. The van der Waals surface area contributed by atoms with Crippen LogP contribution < -0.4 is 4.90 Å². The van der Waals surface area contributed by atoms with E-state index in [4.69, 9.17) is 15.0 Å². The molecule has 11 aromatic carbocycles. The zero-order valence-corrected chi connectivity index (χ0v) is 46.1. The molecule has 3 heterocycles. The van der Waals surface area contributed by atoms with Crippen molar-refractivity contribution >= 4 is 66.2 Å². The first kappa shape index (κ1) is 47.6. The lowest BCUT2D eigenvalue weighted by molar-refractivity contribution is 0.394. The zero-order valence-electron chi connectivity index (χ0n) is 46.1. The third kappa shape index (κ3) is 7.23. The van der Waals surface area contributed by atoms with Gasteiger partial charge in [0.25, 0.3) is 0 Å². The summed E-state index contributed by atoms with van der Waals surface area (Å²) >= 11 is 0. The molecule has 3 atom stereocenters. The summed E-state index contributed by atoms with van der Waals surface area (Å²) in [6.07, 6.45) is 12.6. The smallest absolute Gasteiger partial charge is 0.238 e. The van der Waals surface area contributed by atoms with Gasteiger partial charge in [-0.15, -0.1) is 0 Å². The number of fused-ring (bicyclic) bond motifs is 13. The van der Waals surface area contributed by atoms with Crippen LogP contribution in [-0.2, 0) is 11.8 Å². The fraction of sp³-hybridized carbons (Fsp3) is 0.0897. The van der Waals surface area contributed by atoms with Crippen molar-refractivity contribution in [3.8, 4) is 62.1 Å². The second kappa shape index (κ2) is 18.4. The zero-order chi connectivity index (χ0) is 54.9. The van der Waals surface area contributed by atoms with E-state index in [9.17, 15) is 0 Å². The van der Waals surface area contributed by atoms with Crippen molar-refractivity contribution in [3.05, 3.63) is 289 Å². The number of allylic oxidation sites excluding steroid dienone is 4. The third-order valence-corrected chi connectivity index (χ3v) is 18.6. The Balaban J connectivity index is 0.937. The van der Waals surface area contributed by atoms with Crippen molar-refractivity contribution in [1.29, 1.82) is 0 Å². The SMILES string of the molecule is CC1(C)c2cc(-c3c4ccccc4c(-c4ccccc4)c4ccc(-c5ccc6c7c(n(-c8nc(-c9ccccc9)nc(-c9ccccc9)n8)c6c5)C=C5c6ccccc6N(c6ccccc6)C5C7)cc34)c3ccccc3c2C2C=CC=CC21. The van der Waals surface area contributed by atoms with Crippen LogP contribution in [0.4, 0.5) is 11.4 Å². The second-order valence-electron chi connectivity index (χ2n) is 23.4. The van der Waals surface area contributed by atoms with Gasteiger partial charge in [-0.3, -0.25) is 4.57 Å². The molecule has 392 valence electrons. The number of hydrogen-bond acceptors (Lipinski definition) is 4. The standard InChI is InChI=1S/C78H55N5/c1-78(2)66-37-21-19-36-61(66)74-57-33-16-15-31-54(57)65(45-67(74)78)73-59-35-18-17-34-58(59)72(48-23-7-3-8-24-48)60-42-40-51(43-64(60)73)52-39-41-56-63-46-70-62(55-32-20-22-38-68(55)82(70)53-29-13-6-14-30-53)47-71(63)83(69(56)44-52)77-80-75(49-25-9-4-10-26-49)79-76(81-77)50-27-11-5-12-28-50/h3-45,47,61,66,70H,46H2,1-2H3. The van der Waals surface area contributed by atoms with Gasteiger partial charge in [-0.2, -0.15) is 9.97 Å². The molecule has 3 aliphatic carbocycles. The molecule has 13 aromatic rings. The van der Waals surface area contributed by atoms with Crippen LogP contribution in [0.5, 0.6) is 0 Å². The first-order valence-electron chi connectivity index (χ1n) is 29.1. The summed E-state index contributed by atoms with van der Waals surface area (Å²) in [7, 11) is 0. The van der Waals surface area contributed by atoms with Gasteiger partial charge in [0.05, 0.1) is 17.3 Å². The molecule has 5 heteroatoms. The quantitative estimate of drug-likeness (QED) is 0.149. The van der Waals surface area contributed by atoms with E-state index >= 15 is 0 Å². The summed E-state index contributed by atoms with van der Waals surface area (Å²) in [5.74, 6) is 2.54. The van der Waals surface area contributed by atoms with E-state index in [1.54, 1.807) is 0 Å². The highest BCUT2D eigenvalue weighted by atomic mass is 15.2. The van der Waals surface area contributed by atoms with Crippen molar-refractivity contribution in [2.24, 2.45) is 5.92 Å². The minimum absolute atomic E-state index is 0.0790. The Labute approximate surface area is 482 Å². The summed E-state index contributed by atoms with van der Waals surface area (Å²) in [6, 6.07) is 86.7. The van der Waals surface area contributed by atoms with Crippen LogP contribution in [0.15, 0.2) is 261 Å². The summed E-state index contributed by atoms with van der Waals surface area (Å²) in [5.41, 5.74) is 20.3. The number of rotatable bonds is 7. The lowest BCUT2D eigenvalue weighted by Crippen LogP contribution is -2.30. The highest BCUT2D eigenvalue weighted by Crippen LogP contribution is 2.58. The maximum absolute atomic E-state index is 5.46. The minimum Gasteiger partial charge on any atom is -0.333 e. The second-order valence-corrected chi connectivity index (χ2v) is 23.4. The number of anilines is 2. The molecule has 0 fully saturated rings. The topological polar surface area (TPSA) is 46.8 Å². The molecule has 3 unspecified atom stereocenters. The van der Waals surface area contributed by atoms with Gasteiger partial charge in [-0.05, 0) is 142 Å². The number of benzene rings is 11. The van der Waals surface area contributed by atoms with E-state index in [1.165, 1.54) is 99.2 Å². The summed E-state index contributed by atoms with van der Waals surface area (Å²) in [6.45, 7) is 4.91. The summed E-state index contributed by atoms with van der Waals surface area (Å²) < 4.78 is 2.33. The lowest BCUT2D eigenvalue weighted by atomic mass is 9.74. The van der Waals surface area contributed by atoms with Crippen molar-refractivity contribution in [1.82, 2.24) is 19.5 Å². The number of aromatic nitrogens is 4. The molecule has 0 radical (unpaired) electrons. The minimum atomic E-state index is -0.0790. The average Bonchev–Trinajstić information content (AvgIpc) is 3.87. The molecule has 2 aromatic heterocycles. The fourth-order valence-corrected chi connectivity index (χ4v) is 14.9. The highest BCUT2D eigenvalue weighted by Gasteiger charge is 2.46. The molecular formula is C78H55N5. The molecule has 0 saturated carbocycles. The summed E-state index contributed by atoms with van der Waals surface area (Å²) in [5, 5.41) is 8.75. The number of para-hydroxylation sites is 2. The van der Waals surface area contributed by atoms with E-state index in [1.807, 2.05) is 12.1 Å². The van der Waals surface area contributed by atoms with Crippen LogP contribution in [0.3, 0.4) is 0 Å². The highest BCUT2D eigenvalue weighted by molar-refractivity contribution is 6.24. The van der Waals surface area contributed by atoms with E-state index in [2.05, 4.69) is 278 Å². The van der Waals surface area contributed by atoms with Gasteiger partial charge in [-0.1, -0.05) is 238 Å². The molecule has 0 bridgehead atoms. The maximum Gasteiger partial charge on any atom is 0.238 e. The van der Waals surface area contributed by atoms with Crippen LogP contribution >= 0.6 is 0 Å². The molecule has 0 N–H and O–H groups in total. The Hall–Kier alpha value is -10.2.